The number of nitrogens with one attached hydrogen (secondary N) is 1. The zero-order valence-electron chi connectivity index (χ0n) is 16.4. The number of nitrogens with zero attached hydrogens (tertiary/aromatic N) is 5. The molecule has 29 heavy (non-hydrogen) atoms. The van der Waals surface area contributed by atoms with Crippen LogP contribution in [0.25, 0.3) is 6.08 Å². The van der Waals surface area contributed by atoms with Crippen LogP contribution >= 0.6 is 11.3 Å². The average Bonchev–Trinajstić information content (AvgIpc) is 3.35. The van der Waals surface area contributed by atoms with E-state index in [1.807, 2.05) is 48.4 Å². The molecule has 8 heteroatoms. The normalized spacial score (nSPS) is 16.5. The fraction of sp³-hybridized carbons (Fsp3) is 0.286. The van der Waals surface area contributed by atoms with E-state index < -0.39 is 0 Å². The monoisotopic (exact) mass is 406 g/mol. The number of hydrogen-bond acceptors (Lipinski definition) is 7. The SMILES string of the molecule is Cc1nc(Nc2ccccn2)cc([C@@H]2CCCN2C(=O)/C=C/c2csc(C)n2)n1. The minimum absolute atomic E-state index is 0.0198. The summed E-state index contributed by atoms with van der Waals surface area (Å²) in [5, 5.41) is 6.15. The Morgan fingerprint density at radius 2 is 2.14 bits per heavy atom. The largest absolute Gasteiger partial charge is 0.331 e. The Bertz CT molecular complexity index is 1030. The van der Waals surface area contributed by atoms with Crippen LogP contribution in [0.1, 0.15) is 41.1 Å². The van der Waals surface area contributed by atoms with E-state index in [1.165, 1.54) is 0 Å². The van der Waals surface area contributed by atoms with Crippen LogP contribution in [0.3, 0.4) is 0 Å². The Hall–Kier alpha value is -3.13. The quantitative estimate of drug-likeness (QED) is 0.643. The number of aryl methyl sites for hydroxylation is 2. The summed E-state index contributed by atoms with van der Waals surface area (Å²) < 4.78 is 0. The highest BCUT2D eigenvalue weighted by Crippen LogP contribution is 2.32. The molecule has 4 heterocycles. The number of amides is 1. The molecule has 0 aliphatic carbocycles. The maximum atomic E-state index is 12.8. The van der Waals surface area contributed by atoms with Gasteiger partial charge >= 0.3 is 0 Å². The molecule has 1 aliphatic rings. The fourth-order valence-corrected chi connectivity index (χ4v) is 4.02. The predicted octanol–water partition coefficient (Wildman–Crippen LogP) is 4.07. The lowest BCUT2D eigenvalue weighted by molar-refractivity contribution is -0.126. The van der Waals surface area contributed by atoms with Gasteiger partial charge in [-0.2, -0.15) is 0 Å². The van der Waals surface area contributed by atoms with Crippen LogP contribution in [0.2, 0.25) is 0 Å². The van der Waals surface area contributed by atoms with Gasteiger partial charge in [0.1, 0.15) is 17.5 Å². The Morgan fingerprint density at radius 1 is 1.24 bits per heavy atom. The summed E-state index contributed by atoms with van der Waals surface area (Å²) in [5.41, 5.74) is 1.66. The second kappa shape index (κ2) is 8.48. The Balaban J connectivity index is 1.53. The highest BCUT2D eigenvalue weighted by atomic mass is 32.1. The van der Waals surface area contributed by atoms with Crippen LogP contribution in [0.15, 0.2) is 41.9 Å². The Morgan fingerprint density at radius 3 is 2.90 bits per heavy atom. The van der Waals surface area contributed by atoms with Gasteiger partial charge in [0.25, 0.3) is 0 Å². The number of thiazole rings is 1. The van der Waals surface area contributed by atoms with Crippen molar-refractivity contribution in [3.05, 3.63) is 64.1 Å². The molecule has 4 rings (SSSR count). The Kier molecular flexibility index (Phi) is 5.62. The van der Waals surface area contributed by atoms with Crippen molar-refractivity contribution in [2.24, 2.45) is 0 Å². The summed E-state index contributed by atoms with van der Waals surface area (Å²) >= 11 is 1.57. The molecule has 1 aliphatic heterocycles. The smallest absolute Gasteiger partial charge is 0.247 e. The zero-order chi connectivity index (χ0) is 20.2. The van der Waals surface area contributed by atoms with Crippen LogP contribution in [0, 0.1) is 13.8 Å². The van der Waals surface area contributed by atoms with Gasteiger partial charge < -0.3 is 10.2 Å². The van der Waals surface area contributed by atoms with Crippen LogP contribution in [-0.4, -0.2) is 37.3 Å². The lowest BCUT2D eigenvalue weighted by Crippen LogP contribution is -2.29. The van der Waals surface area contributed by atoms with E-state index >= 15 is 0 Å². The number of pyridine rings is 1. The first-order valence-corrected chi connectivity index (χ1v) is 10.4. The molecule has 148 valence electrons. The van der Waals surface area contributed by atoms with Gasteiger partial charge in [-0.15, -0.1) is 11.3 Å². The van der Waals surface area contributed by atoms with Gasteiger partial charge in [0, 0.05) is 30.3 Å². The summed E-state index contributed by atoms with van der Waals surface area (Å²) in [5.74, 6) is 2.04. The molecule has 1 N–H and O–H groups in total. The van der Waals surface area contributed by atoms with E-state index in [9.17, 15) is 4.79 Å². The van der Waals surface area contributed by atoms with Gasteiger partial charge in [-0.1, -0.05) is 6.07 Å². The molecule has 0 saturated carbocycles. The summed E-state index contributed by atoms with van der Waals surface area (Å²) in [4.78, 5) is 32.4. The third kappa shape index (κ3) is 4.65. The lowest BCUT2D eigenvalue weighted by atomic mass is 10.1. The molecule has 3 aromatic rings. The average molecular weight is 407 g/mol. The highest BCUT2D eigenvalue weighted by Gasteiger charge is 2.30. The number of aromatic nitrogens is 4. The van der Waals surface area contributed by atoms with Crippen LogP contribution < -0.4 is 5.32 Å². The summed E-state index contributed by atoms with van der Waals surface area (Å²) in [6, 6.07) is 7.51. The van der Waals surface area contributed by atoms with E-state index in [2.05, 4.69) is 25.3 Å². The number of likely N-dealkylation sites (tertiary alicyclic amines) is 1. The molecule has 0 radical (unpaired) electrons. The predicted molar refractivity (Wildman–Crippen MR) is 114 cm³/mol. The van der Waals surface area contributed by atoms with E-state index in [-0.39, 0.29) is 11.9 Å². The summed E-state index contributed by atoms with van der Waals surface area (Å²) in [6.07, 6.45) is 6.94. The number of carbonyl (C=O) groups excluding carboxylic acids is 1. The van der Waals surface area contributed by atoms with E-state index in [1.54, 1.807) is 29.7 Å². The van der Waals surface area contributed by atoms with Crippen molar-refractivity contribution in [2.75, 3.05) is 11.9 Å². The van der Waals surface area contributed by atoms with Crippen molar-refractivity contribution < 1.29 is 4.79 Å². The molecule has 0 aromatic carbocycles. The van der Waals surface area contributed by atoms with Gasteiger partial charge in [-0.05, 0) is 44.9 Å². The molecule has 0 spiro atoms. The number of hydrogen-bond donors (Lipinski definition) is 1. The molecule has 3 aromatic heterocycles. The van der Waals surface area contributed by atoms with Crippen LogP contribution in [0.5, 0.6) is 0 Å². The summed E-state index contributed by atoms with van der Waals surface area (Å²) in [7, 11) is 0. The van der Waals surface area contributed by atoms with Crippen molar-refractivity contribution in [3.8, 4) is 0 Å². The molecular formula is C21H22N6OS. The minimum Gasteiger partial charge on any atom is -0.331 e. The van der Waals surface area contributed by atoms with Crippen molar-refractivity contribution in [1.82, 2.24) is 24.8 Å². The van der Waals surface area contributed by atoms with E-state index in [0.29, 0.717) is 11.6 Å². The second-order valence-electron chi connectivity index (χ2n) is 6.88. The first kappa shape index (κ1) is 19.2. The maximum Gasteiger partial charge on any atom is 0.247 e. The molecule has 0 unspecified atom stereocenters. The first-order chi connectivity index (χ1) is 14.1. The topological polar surface area (TPSA) is 83.9 Å². The van der Waals surface area contributed by atoms with Crippen LogP contribution in [-0.2, 0) is 4.79 Å². The highest BCUT2D eigenvalue weighted by molar-refractivity contribution is 7.09. The Labute approximate surface area is 173 Å². The van der Waals surface area contributed by atoms with Gasteiger partial charge in [0.05, 0.1) is 22.4 Å². The minimum atomic E-state index is -0.0599. The van der Waals surface area contributed by atoms with E-state index in [4.69, 9.17) is 0 Å². The van der Waals surface area contributed by atoms with Gasteiger partial charge in [-0.3, -0.25) is 4.79 Å². The standard InChI is InChI=1S/C21H22N6OS/c1-14-23-17(12-20(24-14)26-19-7-3-4-10-22-19)18-6-5-11-27(18)21(28)9-8-16-13-29-15(2)25-16/h3-4,7-10,12-13,18H,5-6,11H2,1-2H3,(H,22,23,24,26)/b9-8+/t18-/m0/s1. The van der Waals surface area contributed by atoms with Crippen molar-refractivity contribution >= 4 is 35.0 Å². The zero-order valence-corrected chi connectivity index (χ0v) is 17.2. The number of carbonyl (C=O) groups is 1. The molecule has 1 saturated heterocycles. The van der Waals surface area contributed by atoms with E-state index in [0.717, 1.165) is 41.6 Å². The molecule has 1 fully saturated rings. The first-order valence-electron chi connectivity index (χ1n) is 9.53. The molecular weight excluding hydrogens is 384 g/mol. The third-order valence-electron chi connectivity index (χ3n) is 4.69. The molecule has 0 bridgehead atoms. The number of anilines is 2. The summed E-state index contributed by atoms with van der Waals surface area (Å²) in [6.45, 7) is 4.53. The molecule has 1 amide bonds. The maximum absolute atomic E-state index is 12.8. The van der Waals surface area contributed by atoms with Crippen LogP contribution in [0.4, 0.5) is 11.6 Å². The van der Waals surface area contributed by atoms with Crippen molar-refractivity contribution in [3.63, 3.8) is 0 Å². The fourth-order valence-electron chi connectivity index (χ4n) is 3.44. The second-order valence-corrected chi connectivity index (χ2v) is 7.94. The lowest BCUT2D eigenvalue weighted by Gasteiger charge is -2.23. The van der Waals surface area contributed by atoms with Gasteiger partial charge in [0.15, 0.2) is 0 Å². The van der Waals surface area contributed by atoms with Gasteiger partial charge in [-0.25, -0.2) is 19.9 Å². The van der Waals surface area contributed by atoms with Gasteiger partial charge in [0.2, 0.25) is 5.91 Å². The van der Waals surface area contributed by atoms with Crippen molar-refractivity contribution in [2.45, 2.75) is 32.7 Å². The number of rotatable bonds is 5. The van der Waals surface area contributed by atoms with Crippen molar-refractivity contribution in [1.29, 1.82) is 0 Å². The molecule has 7 nitrogen and oxygen atoms in total. The molecule has 1 atom stereocenters. The third-order valence-corrected chi connectivity index (χ3v) is 5.48.